The van der Waals surface area contributed by atoms with Gasteiger partial charge in [0.15, 0.2) is 0 Å². The molecule has 0 aromatic carbocycles. The Balaban J connectivity index is 2.44. The van der Waals surface area contributed by atoms with Crippen LogP contribution >= 0.6 is 0 Å². The molecular formula is C13H15N3O. The molecule has 0 atom stereocenters. The van der Waals surface area contributed by atoms with Crippen LogP contribution in [0.3, 0.4) is 0 Å². The Bertz CT molecular complexity index is 558. The number of aryl methyl sites for hydroxylation is 2. The van der Waals surface area contributed by atoms with Crippen LogP contribution < -0.4 is 5.56 Å². The Morgan fingerprint density at radius 1 is 1.35 bits per heavy atom. The minimum Gasteiger partial charge on any atom is -0.306 e. The summed E-state index contributed by atoms with van der Waals surface area (Å²) >= 11 is 0. The Kier molecular flexibility index (Phi) is 3.32. The second-order valence-corrected chi connectivity index (χ2v) is 4.02. The summed E-state index contributed by atoms with van der Waals surface area (Å²) in [5.41, 5.74) is 2.50. The monoisotopic (exact) mass is 229 g/mol. The van der Waals surface area contributed by atoms with Crippen molar-refractivity contribution in [2.24, 2.45) is 0 Å². The summed E-state index contributed by atoms with van der Waals surface area (Å²) in [6.45, 7) is 3.99. The maximum atomic E-state index is 11.5. The number of pyridine rings is 1. The fraction of sp³-hybridized carbons (Fsp3) is 0.308. The van der Waals surface area contributed by atoms with Crippen molar-refractivity contribution in [3.63, 3.8) is 0 Å². The van der Waals surface area contributed by atoms with E-state index in [1.54, 1.807) is 12.3 Å². The molecule has 4 nitrogen and oxygen atoms in total. The van der Waals surface area contributed by atoms with Gasteiger partial charge in [0, 0.05) is 29.2 Å². The standard InChI is InChI=1S/C13H15N3O/c1-3-4-11-7-12(17)16-13(15-11)10-6-5-9(2)14-8-10/h5-8H,3-4H2,1-2H3,(H,15,16,17). The largest absolute Gasteiger partial charge is 0.306 e. The Morgan fingerprint density at radius 2 is 2.18 bits per heavy atom. The lowest BCUT2D eigenvalue weighted by Crippen LogP contribution is -2.10. The molecular weight excluding hydrogens is 214 g/mol. The summed E-state index contributed by atoms with van der Waals surface area (Å²) in [6, 6.07) is 5.37. The quantitative estimate of drug-likeness (QED) is 0.876. The van der Waals surface area contributed by atoms with Gasteiger partial charge in [0.2, 0.25) is 0 Å². The van der Waals surface area contributed by atoms with Crippen LogP contribution in [-0.2, 0) is 6.42 Å². The number of hydrogen-bond acceptors (Lipinski definition) is 3. The van der Waals surface area contributed by atoms with Crippen molar-refractivity contribution in [1.82, 2.24) is 15.0 Å². The predicted octanol–water partition coefficient (Wildman–Crippen LogP) is 2.09. The molecule has 0 aliphatic carbocycles. The lowest BCUT2D eigenvalue weighted by molar-refractivity contribution is 0.869. The zero-order valence-corrected chi connectivity index (χ0v) is 10.0. The molecule has 0 spiro atoms. The summed E-state index contributed by atoms with van der Waals surface area (Å²) in [4.78, 5) is 22.9. The van der Waals surface area contributed by atoms with E-state index < -0.39 is 0 Å². The van der Waals surface area contributed by atoms with Crippen LogP contribution in [0, 0.1) is 6.92 Å². The van der Waals surface area contributed by atoms with Crippen molar-refractivity contribution in [3.8, 4) is 11.4 Å². The fourth-order valence-electron chi connectivity index (χ4n) is 1.64. The first-order chi connectivity index (χ1) is 8.19. The van der Waals surface area contributed by atoms with E-state index in [0.717, 1.165) is 29.8 Å². The Labute approximate surface area is 99.8 Å². The van der Waals surface area contributed by atoms with E-state index in [0.29, 0.717) is 5.82 Å². The number of nitrogens with one attached hydrogen (secondary N) is 1. The molecule has 0 saturated carbocycles. The first kappa shape index (κ1) is 11.5. The van der Waals surface area contributed by atoms with Gasteiger partial charge in [-0.3, -0.25) is 9.78 Å². The van der Waals surface area contributed by atoms with Gasteiger partial charge in [-0.15, -0.1) is 0 Å². The summed E-state index contributed by atoms with van der Waals surface area (Å²) in [6.07, 6.45) is 3.52. The SMILES string of the molecule is CCCc1cc(=O)[nH]c(-c2ccc(C)nc2)n1. The van der Waals surface area contributed by atoms with E-state index in [9.17, 15) is 4.79 Å². The molecule has 0 fully saturated rings. The van der Waals surface area contributed by atoms with Crippen LogP contribution in [0.5, 0.6) is 0 Å². The molecule has 0 aliphatic heterocycles. The van der Waals surface area contributed by atoms with Crippen molar-refractivity contribution in [1.29, 1.82) is 0 Å². The van der Waals surface area contributed by atoms with Crippen LogP contribution in [0.2, 0.25) is 0 Å². The molecule has 0 aliphatic rings. The lowest BCUT2D eigenvalue weighted by Gasteiger charge is -2.03. The van der Waals surface area contributed by atoms with E-state index in [1.165, 1.54) is 0 Å². The third-order valence-corrected chi connectivity index (χ3v) is 2.49. The topological polar surface area (TPSA) is 58.6 Å². The van der Waals surface area contributed by atoms with Crippen molar-refractivity contribution in [2.75, 3.05) is 0 Å². The van der Waals surface area contributed by atoms with Crippen molar-refractivity contribution >= 4 is 0 Å². The molecule has 88 valence electrons. The van der Waals surface area contributed by atoms with Crippen molar-refractivity contribution in [3.05, 3.63) is 46.1 Å². The van der Waals surface area contributed by atoms with Crippen LogP contribution in [0.4, 0.5) is 0 Å². The summed E-state index contributed by atoms with van der Waals surface area (Å²) < 4.78 is 0. The summed E-state index contributed by atoms with van der Waals surface area (Å²) in [5.74, 6) is 0.591. The number of nitrogens with zero attached hydrogens (tertiary/aromatic N) is 2. The normalized spacial score (nSPS) is 10.5. The number of rotatable bonds is 3. The molecule has 2 aromatic heterocycles. The first-order valence-electron chi connectivity index (χ1n) is 5.72. The van der Waals surface area contributed by atoms with E-state index in [2.05, 4.69) is 21.9 Å². The van der Waals surface area contributed by atoms with Crippen LogP contribution in [0.1, 0.15) is 24.7 Å². The highest BCUT2D eigenvalue weighted by molar-refractivity contribution is 5.53. The van der Waals surface area contributed by atoms with Crippen LogP contribution in [-0.4, -0.2) is 15.0 Å². The third-order valence-electron chi connectivity index (χ3n) is 2.49. The molecule has 4 heteroatoms. The lowest BCUT2D eigenvalue weighted by atomic mass is 10.2. The average molecular weight is 229 g/mol. The molecule has 0 radical (unpaired) electrons. The van der Waals surface area contributed by atoms with Gasteiger partial charge in [0.1, 0.15) is 5.82 Å². The second kappa shape index (κ2) is 4.91. The van der Waals surface area contributed by atoms with E-state index in [-0.39, 0.29) is 5.56 Å². The van der Waals surface area contributed by atoms with E-state index in [1.807, 2.05) is 19.1 Å². The molecule has 0 bridgehead atoms. The van der Waals surface area contributed by atoms with Gasteiger partial charge in [-0.2, -0.15) is 0 Å². The van der Waals surface area contributed by atoms with Gasteiger partial charge >= 0.3 is 0 Å². The smallest absolute Gasteiger partial charge is 0.251 e. The molecule has 2 aromatic rings. The van der Waals surface area contributed by atoms with Crippen molar-refractivity contribution in [2.45, 2.75) is 26.7 Å². The molecule has 0 unspecified atom stereocenters. The van der Waals surface area contributed by atoms with Gasteiger partial charge in [0.05, 0.1) is 0 Å². The first-order valence-corrected chi connectivity index (χ1v) is 5.72. The van der Waals surface area contributed by atoms with E-state index >= 15 is 0 Å². The highest BCUT2D eigenvalue weighted by Crippen LogP contribution is 2.12. The number of hydrogen-bond donors (Lipinski definition) is 1. The molecule has 0 saturated heterocycles. The van der Waals surface area contributed by atoms with Gasteiger partial charge < -0.3 is 4.98 Å². The zero-order valence-electron chi connectivity index (χ0n) is 10.0. The van der Waals surface area contributed by atoms with Crippen molar-refractivity contribution < 1.29 is 0 Å². The third kappa shape index (κ3) is 2.78. The zero-order chi connectivity index (χ0) is 12.3. The number of H-pyrrole nitrogens is 1. The Hall–Kier alpha value is -1.97. The van der Waals surface area contributed by atoms with Crippen LogP contribution in [0.25, 0.3) is 11.4 Å². The fourth-order valence-corrected chi connectivity index (χ4v) is 1.64. The molecule has 17 heavy (non-hydrogen) atoms. The van der Waals surface area contributed by atoms with Gasteiger partial charge in [-0.25, -0.2) is 4.98 Å². The number of aromatic nitrogens is 3. The molecule has 2 heterocycles. The Morgan fingerprint density at radius 3 is 2.82 bits per heavy atom. The van der Waals surface area contributed by atoms with Gasteiger partial charge in [-0.05, 0) is 25.5 Å². The minimum absolute atomic E-state index is 0.112. The maximum Gasteiger partial charge on any atom is 0.251 e. The highest BCUT2D eigenvalue weighted by atomic mass is 16.1. The second-order valence-electron chi connectivity index (χ2n) is 4.02. The molecule has 0 amide bonds. The molecule has 2 rings (SSSR count). The number of aromatic amines is 1. The average Bonchev–Trinajstić information content (AvgIpc) is 2.29. The van der Waals surface area contributed by atoms with Gasteiger partial charge in [0.25, 0.3) is 5.56 Å². The summed E-state index contributed by atoms with van der Waals surface area (Å²) in [7, 11) is 0. The summed E-state index contributed by atoms with van der Waals surface area (Å²) in [5, 5.41) is 0. The molecule has 1 N–H and O–H groups in total. The van der Waals surface area contributed by atoms with Crippen LogP contribution in [0.15, 0.2) is 29.2 Å². The van der Waals surface area contributed by atoms with E-state index in [4.69, 9.17) is 0 Å². The highest BCUT2D eigenvalue weighted by Gasteiger charge is 2.03. The predicted molar refractivity (Wildman–Crippen MR) is 66.8 cm³/mol. The maximum absolute atomic E-state index is 11.5. The minimum atomic E-state index is -0.112. The van der Waals surface area contributed by atoms with Gasteiger partial charge in [-0.1, -0.05) is 13.3 Å².